The number of nitrogens with one attached hydrogen (secondary N) is 1. The van der Waals surface area contributed by atoms with E-state index >= 15 is 0 Å². The Hall–Kier alpha value is -2.62. The largest absolute Gasteiger partial charge is 0.463 e. The van der Waals surface area contributed by atoms with Crippen molar-refractivity contribution in [2.45, 2.75) is 55.5 Å². The lowest BCUT2D eigenvalue weighted by molar-refractivity contribution is -0.212. The molecule has 1 N–H and O–H groups in total. The van der Waals surface area contributed by atoms with E-state index in [0.717, 1.165) is 23.1 Å². The van der Waals surface area contributed by atoms with Crippen LogP contribution >= 0.6 is 57.9 Å². The highest BCUT2D eigenvalue weighted by atomic mass is 35.5. The summed E-state index contributed by atoms with van der Waals surface area (Å²) in [6, 6.07) is 2.11. The number of H-pyrrole nitrogens is 1. The number of carbonyl (C=O) groups is 3. The second kappa shape index (κ2) is 12.9. The van der Waals surface area contributed by atoms with Gasteiger partial charge in [-0.15, -0.1) is 5.10 Å². The van der Waals surface area contributed by atoms with E-state index in [2.05, 4.69) is 15.3 Å². The monoisotopic (exact) mass is 650 g/mol. The second-order valence-corrected chi connectivity index (χ2v) is 11.7. The van der Waals surface area contributed by atoms with Crippen molar-refractivity contribution in [3.05, 3.63) is 48.4 Å². The van der Waals surface area contributed by atoms with E-state index in [1.807, 2.05) is 0 Å². The summed E-state index contributed by atoms with van der Waals surface area (Å²) in [6.07, 6.45) is -1.79. The van der Waals surface area contributed by atoms with Crippen molar-refractivity contribution in [2.75, 3.05) is 6.61 Å². The number of aromatic amines is 1. The number of nitrogens with zero attached hydrogens (tertiary/aromatic N) is 3. The van der Waals surface area contributed by atoms with Gasteiger partial charge in [-0.1, -0.05) is 63.1 Å². The van der Waals surface area contributed by atoms with Crippen LogP contribution in [0.25, 0.3) is 11.4 Å². The minimum atomic E-state index is -1.15. The predicted molar refractivity (Wildman–Crippen MR) is 147 cm³/mol. The van der Waals surface area contributed by atoms with E-state index in [-0.39, 0.29) is 26.5 Å². The molecule has 12 nitrogen and oxygen atoms in total. The molecule has 0 spiro atoms. The first-order valence-corrected chi connectivity index (χ1v) is 14.4. The van der Waals surface area contributed by atoms with Gasteiger partial charge in [-0.3, -0.25) is 19.2 Å². The van der Waals surface area contributed by atoms with Crippen LogP contribution in [0.15, 0.2) is 33.4 Å². The van der Waals surface area contributed by atoms with Crippen LogP contribution in [0.1, 0.15) is 26.8 Å². The third kappa shape index (κ3) is 7.17. The quantitative estimate of drug-likeness (QED) is 0.213. The molecule has 1 aromatic carbocycles. The number of hydrogen-bond donors (Lipinski definition) is 1. The highest BCUT2D eigenvalue weighted by Gasteiger charge is 2.52. The molecule has 0 bridgehead atoms. The number of rotatable bonds is 8. The summed E-state index contributed by atoms with van der Waals surface area (Å²) in [4.78, 5) is 50.7. The first kappa shape index (κ1) is 30.3. The van der Waals surface area contributed by atoms with Crippen LogP contribution in [0.5, 0.6) is 0 Å². The Bertz CT molecular complexity index is 1450. The van der Waals surface area contributed by atoms with Crippen molar-refractivity contribution in [3.63, 3.8) is 0 Å². The van der Waals surface area contributed by atoms with Crippen molar-refractivity contribution in [3.8, 4) is 11.4 Å². The van der Waals surface area contributed by atoms with Gasteiger partial charge in [0, 0.05) is 31.0 Å². The first-order valence-electron chi connectivity index (χ1n) is 11.5. The van der Waals surface area contributed by atoms with Gasteiger partial charge in [0.15, 0.2) is 12.2 Å². The van der Waals surface area contributed by atoms with E-state index in [4.69, 9.17) is 53.8 Å². The van der Waals surface area contributed by atoms with E-state index in [9.17, 15) is 19.2 Å². The first-order chi connectivity index (χ1) is 18.9. The molecule has 4 rings (SSSR count). The highest BCUT2D eigenvalue weighted by Crippen LogP contribution is 2.43. The molecule has 2 aromatic heterocycles. The fourth-order valence-corrected chi connectivity index (χ4v) is 6.45. The maximum atomic E-state index is 12.3. The van der Waals surface area contributed by atoms with Gasteiger partial charge in [0.2, 0.25) is 0 Å². The lowest BCUT2D eigenvalue weighted by atomic mass is 9.96. The fourth-order valence-electron chi connectivity index (χ4n) is 3.96. The molecule has 40 heavy (non-hydrogen) atoms. The Morgan fingerprint density at radius 2 is 1.73 bits per heavy atom. The van der Waals surface area contributed by atoms with Gasteiger partial charge in [0.25, 0.3) is 0 Å². The third-order valence-corrected chi connectivity index (χ3v) is 8.48. The Morgan fingerprint density at radius 1 is 1.07 bits per heavy atom. The molecular weight excluding hydrogens is 631 g/mol. The SMILES string of the molecule is CC(=O)OCC1OC(Sc2cc(Cl)c(Cl)c(Cl)c2)C(OC(C)=O)C(n2cc(-c3csc(=O)[nH]3)nn2)C1OC(C)=O. The maximum absolute atomic E-state index is 12.3. The van der Waals surface area contributed by atoms with E-state index in [1.165, 1.54) is 31.6 Å². The molecule has 1 saturated heterocycles. The summed E-state index contributed by atoms with van der Waals surface area (Å²) < 4.78 is 24.1. The molecule has 3 aromatic rings. The third-order valence-electron chi connectivity index (χ3n) is 5.49. The topological polar surface area (TPSA) is 152 Å². The lowest BCUT2D eigenvalue weighted by Gasteiger charge is -2.44. The zero-order valence-corrected chi connectivity index (χ0v) is 24.9. The Balaban J connectivity index is 1.81. The predicted octanol–water partition coefficient (Wildman–Crippen LogP) is 4.14. The lowest BCUT2D eigenvalue weighted by Crippen LogP contribution is -2.57. The van der Waals surface area contributed by atoms with Gasteiger partial charge in [-0.25, -0.2) is 4.68 Å². The van der Waals surface area contributed by atoms with Crippen LogP contribution in [0, 0.1) is 0 Å². The van der Waals surface area contributed by atoms with Crippen LogP contribution in [0.2, 0.25) is 15.1 Å². The number of hydrogen-bond acceptors (Lipinski definition) is 12. The van der Waals surface area contributed by atoms with Gasteiger partial charge in [-0.2, -0.15) is 0 Å². The molecular formula is C23H21Cl3N4O8S2. The van der Waals surface area contributed by atoms with Crippen LogP contribution in [-0.4, -0.2) is 68.2 Å². The molecule has 1 fully saturated rings. The normalized spacial score (nSPS) is 22.5. The van der Waals surface area contributed by atoms with E-state index in [0.29, 0.717) is 16.3 Å². The average molecular weight is 652 g/mol. The summed E-state index contributed by atoms with van der Waals surface area (Å²) in [5.41, 5.74) is -0.248. The molecule has 1 aliphatic rings. The number of esters is 3. The standard InChI is InChI=1S/C23H21Cl3N4O8S2/c1-9(31)35-7-17-20(36-10(2)32)19(30-6-15(28-29-30)16-8-39-23(34)27-16)21(37-11(3)33)22(38-17)40-12-4-13(24)18(26)14(25)5-12/h4-6,8,17,19-22H,7H2,1-3H3,(H,27,34). The van der Waals surface area contributed by atoms with E-state index < -0.39 is 47.7 Å². The number of aromatic nitrogens is 4. The Morgan fingerprint density at radius 3 is 2.30 bits per heavy atom. The number of ether oxygens (including phenoxy) is 4. The van der Waals surface area contributed by atoms with Gasteiger partial charge in [0.05, 0.1) is 27.0 Å². The number of halogens is 3. The zero-order chi connectivity index (χ0) is 29.1. The number of carbonyl (C=O) groups excluding carboxylic acids is 3. The molecule has 0 amide bonds. The average Bonchev–Trinajstić information content (AvgIpc) is 3.51. The maximum Gasteiger partial charge on any atom is 0.304 e. The number of benzene rings is 1. The second-order valence-electron chi connectivity index (χ2n) is 8.45. The van der Waals surface area contributed by atoms with Crippen LogP contribution in [-0.2, 0) is 33.3 Å². The van der Waals surface area contributed by atoms with Gasteiger partial charge < -0.3 is 23.9 Å². The molecule has 0 saturated carbocycles. The summed E-state index contributed by atoms with van der Waals surface area (Å²) in [7, 11) is 0. The summed E-state index contributed by atoms with van der Waals surface area (Å²) in [6.45, 7) is 3.33. The van der Waals surface area contributed by atoms with Crippen molar-refractivity contribution in [1.29, 1.82) is 0 Å². The van der Waals surface area contributed by atoms with Crippen LogP contribution in [0.4, 0.5) is 0 Å². The fraction of sp³-hybridized carbons (Fsp3) is 0.391. The smallest absolute Gasteiger partial charge is 0.304 e. The Kier molecular flexibility index (Phi) is 9.80. The van der Waals surface area contributed by atoms with Gasteiger partial charge in [-0.05, 0) is 12.1 Å². The number of thiazole rings is 1. The van der Waals surface area contributed by atoms with Gasteiger partial charge in [0.1, 0.15) is 29.9 Å². The molecule has 0 aliphatic carbocycles. The summed E-state index contributed by atoms with van der Waals surface area (Å²) >= 11 is 20.6. The highest BCUT2D eigenvalue weighted by molar-refractivity contribution is 7.99. The molecule has 1 aliphatic heterocycles. The van der Waals surface area contributed by atoms with Crippen molar-refractivity contribution in [2.24, 2.45) is 0 Å². The minimum Gasteiger partial charge on any atom is -0.463 e. The van der Waals surface area contributed by atoms with Crippen LogP contribution in [0.3, 0.4) is 0 Å². The van der Waals surface area contributed by atoms with Crippen molar-refractivity contribution >= 4 is 75.8 Å². The van der Waals surface area contributed by atoms with Gasteiger partial charge >= 0.3 is 22.8 Å². The minimum absolute atomic E-state index is 0.163. The molecule has 5 unspecified atom stereocenters. The summed E-state index contributed by atoms with van der Waals surface area (Å²) in [5.74, 6) is -1.91. The summed E-state index contributed by atoms with van der Waals surface area (Å²) in [5, 5.41) is 10.4. The number of thioether (sulfide) groups is 1. The molecule has 0 radical (unpaired) electrons. The molecule has 17 heteroatoms. The van der Waals surface area contributed by atoms with Crippen LogP contribution < -0.4 is 4.87 Å². The van der Waals surface area contributed by atoms with Crippen molar-refractivity contribution in [1.82, 2.24) is 20.0 Å². The molecule has 3 heterocycles. The Labute approximate surface area is 250 Å². The van der Waals surface area contributed by atoms with Crippen molar-refractivity contribution < 1.29 is 33.3 Å². The molecule has 5 atom stereocenters. The van der Waals surface area contributed by atoms with E-state index in [1.54, 1.807) is 17.5 Å². The molecule has 214 valence electrons. The zero-order valence-electron chi connectivity index (χ0n) is 21.0.